The van der Waals surface area contributed by atoms with Gasteiger partial charge in [0.2, 0.25) is 0 Å². The van der Waals surface area contributed by atoms with Gasteiger partial charge in [-0.15, -0.1) is 6.58 Å². The summed E-state index contributed by atoms with van der Waals surface area (Å²) in [4.78, 5) is 14.6. The predicted octanol–water partition coefficient (Wildman–Crippen LogP) is 20.5. The molecule has 7 nitrogen and oxygen atoms in total. The number of halogens is 1. The molecule has 480 valence electrons. The van der Waals surface area contributed by atoms with Crippen LogP contribution >= 0.6 is 30.9 Å². The average molecular weight is 1460 g/mol. The summed E-state index contributed by atoms with van der Waals surface area (Å²) in [6.45, 7) is 23.1. The van der Waals surface area contributed by atoms with E-state index in [4.69, 9.17) is 30.5 Å². The van der Waals surface area contributed by atoms with Crippen molar-refractivity contribution in [2.45, 2.75) is 163 Å². The summed E-state index contributed by atoms with van der Waals surface area (Å²) in [6.07, 6.45) is 28.7. The van der Waals surface area contributed by atoms with Crippen molar-refractivity contribution in [3.63, 3.8) is 0 Å². The van der Waals surface area contributed by atoms with Gasteiger partial charge in [0.25, 0.3) is 0 Å². The second kappa shape index (κ2) is 51.9. The predicted molar refractivity (Wildman–Crippen MR) is 401 cm³/mol. The topological polar surface area (TPSA) is 108 Å². The molecule has 0 aromatic heterocycles. The fourth-order valence-corrected chi connectivity index (χ4v) is 9.74. The van der Waals surface area contributed by atoms with Crippen molar-refractivity contribution < 1.29 is 49.5 Å². The SMILES string of the molecule is C.C=CC1CCC1(C)N.CC(CC/C=C/COP)N=C(c1ccccc1)c1ccccc1.CC/C=C/CCC(C)N=C(c1ccccc1)c1ccccc1.CCC/C=C/COP.CCC1CCC1(C)N.CCN=C(c1ccccc1)c1ccccc1.I[XeH]. The normalized spacial score (nSPS) is 17.4. The summed E-state index contributed by atoms with van der Waals surface area (Å²) in [5, 5.41) is 0. The first kappa shape index (κ1) is 82.3. The van der Waals surface area contributed by atoms with Crippen LogP contribution in [0.15, 0.2) is 246 Å². The van der Waals surface area contributed by atoms with Crippen LogP contribution in [-0.4, -0.2) is 60.1 Å². The van der Waals surface area contributed by atoms with E-state index in [1.165, 1.54) is 54.4 Å². The van der Waals surface area contributed by atoms with Gasteiger partial charge in [-0.3, -0.25) is 15.0 Å². The Labute approximate surface area is 577 Å². The molecule has 11 heteroatoms. The molecule has 88 heavy (non-hydrogen) atoms. The van der Waals surface area contributed by atoms with E-state index in [1.54, 1.807) is 0 Å². The standard InChI is InChI=1S/C21H25N.C20H24NOP.C15H15N.C7H15N.C7H13N.C6H13OP.CH4.HIXe/c1-3-4-5-8-13-18(2)22-21(19-14-9-6-10-15-19)20-16-11-7-12-17-20;1-17(11-5-4-10-16-22-23)21-20(18-12-6-2-7-13-18)19-14-8-3-9-15-19;1-2-16-15(13-9-5-3-6-10-13)14-11-7-4-8-12-14;2*1-3-6-4-5-7(6,2)8;1-2-3-4-5-6-7-8;;1-2/h4-7,9-12,14-18H,3,8,13H2,1-2H3;2-4,6-10,12-15,17H,5,11,16,23H2,1H3;3-12H,2H2,1H3;6H,3-5,8H2,1-2H3;3,6H,1,4-5,8H2,2H3;4-5H,2-3,6,8H2,1H3;1H4;2H/b5-4+;10-4+;;;;5-4+;;. The first-order valence-electron chi connectivity index (χ1n) is 31.2. The summed E-state index contributed by atoms with van der Waals surface area (Å²) >= 11 is 4.24. The molecule has 2 fully saturated rings. The van der Waals surface area contributed by atoms with Gasteiger partial charge in [-0.25, -0.2) is 0 Å². The zero-order chi connectivity index (χ0) is 63.8. The van der Waals surface area contributed by atoms with E-state index < -0.39 is 0 Å². The molecule has 0 amide bonds. The first-order chi connectivity index (χ1) is 42.3. The molecule has 6 aromatic rings. The second-order valence-electron chi connectivity index (χ2n) is 22.1. The Balaban J connectivity index is 0.000000551. The van der Waals surface area contributed by atoms with Crippen LogP contribution in [0, 0.1) is 52.3 Å². The van der Waals surface area contributed by atoms with Crippen LogP contribution in [0.4, 0.5) is 0 Å². The number of hydrogen-bond donors (Lipinski definition) is 2. The van der Waals surface area contributed by atoms with Crippen LogP contribution in [0.3, 0.4) is 0 Å². The summed E-state index contributed by atoms with van der Waals surface area (Å²) in [5.74, 6) is 1.38. The molecule has 0 aliphatic heterocycles. The van der Waals surface area contributed by atoms with E-state index in [-0.39, 0.29) is 24.5 Å². The van der Waals surface area contributed by atoms with Gasteiger partial charge in [0, 0.05) is 82.0 Å². The summed E-state index contributed by atoms with van der Waals surface area (Å²) in [5.41, 5.74) is 22.2. The van der Waals surface area contributed by atoms with E-state index in [0.717, 1.165) is 85.7 Å². The Bertz CT molecular complexity index is 2700. The monoisotopic (exact) mass is 1460 g/mol. The second-order valence-corrected chi connectivity index (χ2v) is 22.8. The fourth-order valence-electron chi connectivity index (χ4n) is 9.52. The van der Waals surface area contributed by atoms with Gasteiger partial charge < -0.3 is 20.5 Å². The average Bonchev–Trinajstić information content (AvgIpc) is 2.07. The molecular formula is C77H110IN5O2P2Xe. The number of rotatable bonds is 24. The van der Waals surface area contributed by atoms with Crippen LogP contribution in [-0.2, 0) is 9.05 Å². The Morgan fingerprint density at radius 3 is 1.08 bits per heavy atom. The van der Waals surface area contributed by atoms with E-state index >= 15 is 0 Å². The molecule has 2 aliphatic rings. The summed E-state index contributed by atoms with van der Waals surface area (Å²) in [6, 6.07) is 62.9. The van der Waals surface area contributed by atoms with Crippen molar-refractivity contribution in [3.8, 4) is 0 Å². The first-order valence-corrected chi connectivity index (χ1v) is 38.5. The summed E-state index contributed by atoms with van der Waals surface area (Å²) < 4.78 is 9.65. The van der Waals surface area contributed by atoms with Crippen LogP contribution in [0.5, 0.6) is 0 Å². The van der Waals surface area contributed by atoms with Crippen LogP contribution < -0.4 is 11.5 Å². The Kier molecular flexibility index (Phi) is 48.5. The van der Waals surface area contributed by atoms with Gasteiger partial charge in [0.05, 0.1) is 30.3 Å². The molecule has 0 spiro atoms. The Morgan fingerprint density at radius 2 is 0.864 bits per heavy atom. The third-order valence-corrected chi connectivity index (χ3v) is 15.3. The van der Waals surface area contributed by atoms with Crippen molar-refractivity contribution in [3.05, 3.63) is 264 Å². The quantitative estimate of drug-likeness (QED) is 0.0272. The maximum absolute atomic E-state index is 5.88. The number of nitrogens with two attached hydrogens (primary N) is 2. The molecule has 8 rings (SSSR count). The zero-order valence-corrected chi connectivity index (χ0v) is 60.3. The van der Waals surface area contributed by atoms with Gasteiger partial charge in [0.15, 0.2) is 0 Å². The molecule has 2 aliphatic carbocycles. The van der Waals surface area contributed by atoms with Gasteiger partial charge in [-0.1, -0.05) is 266 Å². The third-order valence-electron chi connectivity index (χ3n) is 15.0. The molecule has 0 radical (unpaired) electrons. The molecule has 6 aromatic carbocycles. The molecule has 0 saturated heterocycles. The van der Waals surface area contributed by atoms with Crippen molar-refractivity contribution >= 4 is 48.0 Å². The third kappa shape index (κ3) is 34.6. The van der Waals surface area contributed by atoms with Crippen molar-refractivity contribution in [1.82, 2.24) is 0 Å². The number of nitrogens with zero attached hydrogens (tertiary/aromatic N) is 3. The molecule has 0 bridgehead atoms. The molecule has 4 N–H and O–H groups in total. The molecule has 8 unspecified atom stereocenters. The fraction of sp³-hybridized carbons (Fsp3) is 0.390. The molecule has 2 saturated carbocycles. The van der Waals surface area contributed by atoms with Crippen LogP contribution in [0.25, 0.3) is 0 Å². The zero-order valence-electron chi connectivity index (χ0n) is 53.7. The number of benzene rings is 6. The minimum absolute atomic E-state index is 0. The number of aliphatic imine (C=N–C) groups is 3. The van der Waals surface area contributed by atoms with Crippen LogP contribution in [0.2, 0.25) is 0 Å². The van der Waals surface area contributed by atoms with Gasteiger partial charge in [-0.2, -0.15) is 0 Å². The molecule has 0 heterocycles. The van der Waals surface area contributed by atoms with Gasteiger partial charge in [0.1, 0.15) is 0 Å². The number of hydrogen-bond acceptors (Lipinski definition) is 7. The van der Waals surface area contributed by atoms with Crippen LogP contribution in [0.1, 0.15) is 173 Å². The van der Waals surface area contributed by atoms with Gasteiger partial charge in [-0.05, 0) is 111 Å². The summed E-state index contributed by atoms with van der Waals surface area (Å²) in [7, 11) is 4.47. The van der Waals surface area contributed by atoms with Gasteiger partial charge >= 0.3 is 52.4 Å². The Morgan fingerprint density at radius 1 is 0.534 bits per heavy atom. The van der Waals surface area contributed by atoms with E-state index in [9.17, 15) is 0 Å². The van der Waals surface area contributed by atoms with E-state index in [1.807, 2.05) is 78.9 Å². The minimum atomic E-state index is 0. The molecular weight excluding hydrogens is 1350 g/mol. The number of unbranched alkanes of at least 4 members (excludes halogenated alkanes) is 1. The number of allylic oxidation sites excluding steroid dienone is 4. The van der Waals surface area contributed by atoms with E-state index in [0.29, 0.717) is 25.2 Å². The maximum atomic E-state index is 5.88. The van der Waals surface area contributed by atoms with E-state index in [2.05, 4.69) is 284 Å². The van der Waals surface area contributed by atoms with Crippen molar-refractivity contribution in [1.29, 1.82) is 0 Å². The van der Waals surface area contributed by atoms with Crippen molar-refractivity contribution in [2.75, 3.05) is 19.8 Å². The molecule has 8 atom stereocenters. The van der Waals surface area contributed by atoms with Crippen molar-refractivity contribution in [2.24, 2.45) is 38.3 Å². The Hall–Kier alpha value is -3.71.